The first-order valence-corrected chi connectivity index (χ1v) is 10.1. The van der Waals surface area contributed by atoms with E-state index in [0.29, 0.717) is 34.7 Å². The Labute approximate surface area is 186 Å². The third-order valence-corrected chi connectivity index (χ3v) is 5.47. The fourth-order valence-electron chi connectivity index (χ4n) is 3.86. The highest BCUT2D eigenvalue weighted by atomic mass is 16.5. The number of hydrogen-bond acceptors (Lipinski definition) is 6. The molecule has 0 bridgehead atoms. The number of carboxylic acid groups (broad SMARTS) is 1. The molecule has 166 valence electrons. The minimum absolute atomic E-state index is 0.138. The van der Waals surface area contributed by atoms with Crippen LogP contribution in [-0.4, -0.2) is 29.6 Å². The van der Waals surface area contributed by atoms with E-state index in [-0.39, 0.29) is 12.0 Å². The van der Waals surface area contributed by atoms with Crippen LogP contribution in [0.15, 0.2) is 42.5 Å². The van der Waals surface area contributed by atoms with Crippen molar-refractivity contribution in [2.24, 2.45) is 0 Å². The summed E-state index contributed by atoms with van der Waals surface area (Å²) in [7, 11) is 1.74. The van der Waals surface area contributed by atoms with E-state index >= 15 is 0 Å². The summed E-state index contributed by atoms with van der Waals surface area (Å²) in [5.74, 6) is -0.103. The zero-order chi connectivity index (χ0) is 23.4. The number of aliphatic carboxylic acids is 1. The molecule has 0 aliphatic rings. The Kier molecular flexibility index (Phi) is 6.80. The molecule has 32 heavy (non-hydrogen) atoms. The Hall–Kier alpha value is -3.84. The monoisotopic (exact) mass is 434 g/mol. The summed E-state index contributed by atoms with van der Waals surface area (Å²) in [5, 5.41) is 21.8. The summed E-state index contributed by atoms with van der Waals surface area (Å²) in [6.45, 7) is 5.72. The highest BCUT2D eigenvalue weighted by Gasteiger charge is 2.23. The molecule has 4 N–H and O–H groups in total. The molecule has 0 radical (unpaired) electrons. The third-order valence-electron chi connectivity index (χ3n) is 5.47. The van der Waals surface area contributed by atoms with E-state index in [2.05, 4.69) is 5.32 Å². The van der Waals surface area contributed by atoms with Gasteiger partial charge in [-0.25, -0.2) is 0 Å². The molecule has 0 saturated carbocycles. The Balaban J connectivity index is 2.28. The number of carboxylic acids is 1. The summed E-state index contributed by atoms with van der Waals surface area (Å²) in [6.07, 6.45) is 0.512. The molecule has 3 aromatic carbocycles. The molecule has 0 unspecified atom stereocenters. The smallest absolute Gasteiger partial charge is 0.307 e. The minimum Gasteiger partial charge on any atom is -0.481 e. The second-order valence-corrected chi connectivity index (χ2v) is 7.58. The molecular weight excluding hydrogens is 408 g/mol. The van der Waals surface area contributed by atoms with E-state index in [0.717, 1.165) is 27.8 Å². The number of nitrogens with one attached hydrogen (secondary N) is 2. The quantitative estimate of drug-likeness (QED) is 0.279. The molecule has 0 amide bonds. The number of ether oxygens (including phenoxy) is 1. The first-order chi connectivity index (χ1) is 15.3. The van der Waals surface area contributed by atoms with E-state index in [1.807, 2.05) is 50.5 Å². The topological polar surface area (TPSA) is 108 Å². The van der Waals surface area contributed by atoms with Crippen molar-refractivity contribution < 1.29 is 24.6 Å². The predicted molar refractivity (Wildman–Crippen MR) is 124 cm³/mol. The Morgan fingerprint density at radius 2 is 1.75 bits per heavy atom. The first kappa shape index (κ1) is 22.8. The van der Waals surface area contributed by atoms with Gasteiger partial charge in [-0.3, -0.25) is 20.3 Å². The number of carbonyl (C=O) groups excluding carboxylic acids is 1. The third kappa shape index (κ3) is 4.43. The zero-order valence-electron chi connectivity index (χ0n) is 18.4. The average molecular weight is 434 g/mol. The number of hydrogen-bond donors (Lipinski definition) is 4. The Morgan fingerprint density at radius 3 is 2.31 bits per heavy atom. The van der Waals surface area contributed by atoms with E-state index < -0.39 is 5.97 Å². The number of rotatable bonds is 8. The lowest BCUT2D eigenvalue weighted by Gasteiger charge is -2.24. The molecule has 3 aromatic rings. The lowest BCUT2D eigenvalue weighted by atomic mass is 9.88. The Morgan fingerprint density at radius 1 is 1.06 bits per heavy atom. The maximum atomic E-state index is 11.7. The van der Waals surface area contributed by atoms with Gasteiger partial charge in [0.1, 0.15) is 5.75 Å². The van der Waals surface area contributed by atoms with Gasteiger partial charge in [-0.2, -0.15) is 0 Å². The molecule has 0 spiro atoms. The maximum Gasteiger partial charge on any atom is 0.307 e. The normalized spacial score (nSPS) is 10.5. The molecule has 0 aliphatic heterocycles. The van der Waals surface area contributed by atoms with Crippen molar-refractivity contribution in [2.75, 3.05) is 17.8 Å². The molecule has 0 heterocycles. The van der Waals surface area contributed by atoms with Crippen LogP contribution in [0.1, 0.15) is 32.6 Å². The summed E-state index contributed by atoms with van der Waals surface area (Å²) in [6, 6.07) is 12.5. The minimum atomic E-state index is -0.924. The predicted octanol–water partition coefficient (Wildman–Crippen LogP) is 5.35. The summed E-state index contributed by atoms with van der Waals surface area (Å²) >= 11 is 0. The SMILES string of the molecule is CNc1c(C)c(CC(=O)O)c(-c2ccc(C)cc2)c(C)c1Oc1ccc(NO)cc1C=O. The zero-order valence-corrected chi connectivity index (χ0v) is 18.4. The van der Waals surface area contributed by atoms with Gasteiger partial charge < -0.3 is 15.2 Å². The van der Waals surface area contributed by atoms with Crippen molar-refractivity contribution in [2.45, 2.75) is 27.2 Å². The maximum absolute atomic E-state index is 11.7. The largest absolute Gasteiger partial charge is 0.481 e. The summed E-state index contributed by atoms with van der Waals surface area (Å²) in [4.78, 5) is 23.3. The number of aryl methyl sites for hydroxylation is 1. The number of carbonyl (C=O) groups is 2. The van der Waals surface area contributed by atoms with E-state index in [4.69, 9.17) is 9.94 Å². The van der Waals surface area contributed by atoms with Crippen molar-refractivity contribution in [1.29, 1.82) is 0 Å². The molecule has 3 rings (SSSR count). The molecule has 0 aliphatic carbocycles. The van der Waals surface area contributed by atoms with Crippen LogP contribution in [0.2, 0.25) is 0 Å². The van der Waals surface area contributed by atoms with Gasteiger partial charge in [0.05, 0.1) is 23.4 Å². The van der Waals surface area contributed by atoms with E-state index in [1.165, 1.54) is 6.07 Å². The lowest BCUT2D eigenvalue weighted by Crippen LogP contribution is -2.10. The van der Waals surface area contributed by atoms with E-state index in [1.54, 1.807) is 19.2 Å². The van der Waals surface area contributed by atoms with Crippen LogP contribution in [0, 0.1) is 20.8 Å². The van der Waals surface area contributed by atoms with Gasteiger partial charge in [0.25, 0.3) is 0 Å². The van der Waals surface area contributed by atoms with Gasteiger partial charge in [0.15, 0.2) is 12.0 Å². The van der Waals surface area contributed by atoms with Gasteiger partial charge in [-0.15, -0.1) is 0 Å². The Bertz CT molecular complexity index is 1170. The fraction of sp³-hybridized carbons (Fsp3) is 0.200. The van der Waals surface area contributed by atoms with Gasteiger partial charge in [-0.05, 0) is 61.2 Å². The molecule has 7 heteroatoms. The van der Waals surface area contributed by atoms with Crippen LogP contribution in [0.4, 0.5) is 11.4 Å². The molecule has 0 aromatic heterocycles. The van der Waals surface area contributed by atoms with E-state index in [9.17, 15) is 14.7 Å². The van der Waals surface area contributed by atoms with Crippen molar-refractivity contribution >= 4 is 23.6 Å². The van der Waals surface area contributed by atoms with Crippen LogP contribution in [0.3, 0.4) is 0 Å². The molecule has 0 saturated heterocycles. The van der Waals surface area contributed by atoms with Crippen molar-refractivity contribution in [3.05, 3.63) is 70.3 Å². The fourth-order valence-corrected chi connectivity index (χ4v) is 3.86. The van der Waals surface area contributed by atoms with Crippen LogP contribution in [-0.2, 0) is 11.2 Å². The van der Waals surface area contributed by atoms with Crippen LogP contribution < -0.4 is 15.5 Å². The highest BCUT2D eigenvalue weighted by molar-refractivity contribution is 5.87. The van der Waals surface area contributed by atoms with Crippen molar-refractivity contribution in [1.82, 2.24) is 0 Å². The summed E-state index contributed by atoms with van der Waals surface area (Å²) in [5.41, 5.74) is 8.26. The van der Waals surface area contributed by atoms with Crippen molar-refractivity contribution in [3.8, 4) is 22.6 Å². The molecular formula is C25H26N2O5. The van der Waals surface area contributed by atoms with Crippen LogP contribution in [0.5, 0.6) is 11.5 Å². The standard InChI is InChI=1S/C25H26N2O5/c1-14-5-7-17(8-6-14)23-16(3)25(24(26-4)15(2)20(23)12-22(29)30)32-21-10-9-19(27-31)11-18(21)13-28/h5-11,13,26-27,31H,12H2,1-4H3,(H,29,30). The first-order valence-electron chi connectivity index (χ1n) is 10.1. The van der Waals surface area contributed by atoms with Crippen LogP contribution in [0.25, 0.3) is 11.1 Å². The second-order valence-electron chi connectivity index (χ2n) is 7.58. The van der Waals surface area contributed by atoms with Gasteiger partial charge in [-0.1, -0.05) is 29.8 Å². The number of aldehydes is 1. The average Bonchev–Trinajstić information content (AvgIpc) is 2.78. The molecule has 0 fully saturated rings. The van der Waals surface area contributed by atoms with Gasteiger partial charge in [0.2, 0.25) is 0 Å². The molecule has 0 atom stereocenters. The highest BCUT2D eigenvalue weighted by Crippen LogP contribution is 2.45. The van der Waals surface area contributed by atoms with Gasteiger partial charge in [0, 0.05) is 12.6 Å². The lowest BCUT2D eigenvalue weighted by molar-refractivity contribution is -0.136. The second kappa shape index (κ2) is 9.53. The summed E-state index contributed by atoms with van der Waals surface area (Å²) < 4.78 is 6.23. The number of anilines is 2. The number of benzene rings is 3. The van der Waals surface area contributed by atoms with Gasteiger partial charge >= 0.3 is 5.97 Å². The van der Waals surface area contributed by atoms with Crippen LogP contribution >= 0.6 is 0 Å². The van der Waals surface area contributed by atoms with Crippen molar-refractivity contribution in [3.63, 3.8) is 0 Å². The molecule has 7 nitrogen and oxygen atoms in total.